The van der Waals surface area contributed by atoms with Crippen LogP contribution in [-0.4, -0.2) is 66.8 Å². The molecule has 0 bridgehead atoms. The van der Waals surface area contributed by atoms with Gasteiger partial charge in [0.2, 0.25) is 0 Å². The van der Waals surface area contributed by atoms with E-state index in [1.807, 2.05) is 18.3 Å². The molecule has 1 aliphatic heterocycles. The second kappa shape index (κ2) is 13.1. The number of nitrogens with one attached hydrogen (secondary N) is 1. The summed E-state index contributed by atoms with van der Waals surface area (Å²) in [5, 5.41) is 12.7. The fourth-order valence-electron chi connectivity index (χ4n) is 3.25. The zero-order chi connectivity index (χ0) is 17.9. The number of aromatic nitrogens is 1. The van der Waals surface area contributed by atoms with E-state index in [9.17, 15) is 5.11 Å². The van der Waals surface area contributed by atoms with Crippen molar-refractivity contribution < 1.29 is 5.11 Å². The molecule has 1 fully saturated rings. The molecule has 148 valence electrons. The third-order valence-corrected chi connectivity index (χ3v) is 4.62. The first-order chi connectivity index (χ1) is 12.3. The zero-order valence-corrected chi connectivity index (χ0v) is 18.4. The molecule has 2 N–H and O–H groups in total. The molecule has 7 heteroatoms. The maximum Gasteiger partial charge on any atom is 0.194 e. The number of piperazine rings is 1. The number of aliphatic imine (C=N–C) groups is 1. The normalized spacial score (nSPS) is 16.2. The topological polar surface area (TPSA) is 64.0 Å². The Hall–Kier alpha value is -1.09. The van der Waals surface area contributed by atoms with Crippen LogP contribution in [0.1, 0.15) is 33.1 Å². The van der Waals surface area contributed by atoms with Crippen LogP contribution >= 0.6 is 24.0 Å². The van der Waals surface area contributed by atoms with Gasteiger partial charge in [0.15, 0.2) is 5.96 Å². The number of aliphatic hydroxyl groups excluding tert-OH is 1. The number of rotatable bonds is 8. The van der Waals surface area contributed by atoms with Crippen molar-refractivity contribution in [2.75, 3.05) is 50.8 Å². The molecule has 0 aliphatic carbocycles. The van der Waals surface area contributed by atoms with E-state index in [0.717, 1.165) is 70.3 Å². The van der Waals surface area contributed by atoms with Crippen molar-refractivity contribution in [2.45, 2.75) is 33.1 Å². The predicted octanol–water partition coefficient (Wildman–Crippen LogP) is 2.59. The second-order valence-corrected chi connectivity index (χ2v) is 6.52. The molecule has 0 aromatic carbocycles. The van der Waals surface area contributed by atoms with Gasteiger partial charge in [-0.3, -0.25) is 4.99 Å². The van der Waals surface area contributed by atoms with E-state index in [0.29, 0.717) is 5.92 Å². The highest BCUT2D eigenvalue weighted by atomic mass is 127. The van der Waals surface area contributed by atoms with Gasteiger partial charge in [-0.05, 0) is 37.8 Å². The molecule has 1 aromatic heterocycles. The average molecular weight is 475 g/mol. The van der Waals surface area contributed by atoms with E-state index in [1.54, 1.807) is 0 Å². The monoisotopic (exact) mass is 475 g/mol. The summed E-state index contributed by atoms with van der Waals surface area (Å²) < 4.78 is 0. The standard InChI is InChI=1S/C19H33N5O.HI/c1-3-7-17(9-15-25)16-22-19(20-4-2)24-13-11-23(12-14-24)18-8-5-6-10-21-18;/h5-6,8,10,17,25H,3-4,7,9,11-16H2,1-2H3,(H,20,22);1H. The minimum absolute atomic E-state index is 0. The van der Waals surface area contributed by atoms with Gasteiger partial charge >= 0.3 is 0 Å². The summed E-state index contributed by atoms with van der Waals surface area (Å²) in [6.45, 7) is 10.0. The Bertz CT molecular complexity index is 500. The Morgan fingerprint density at radius 2 is 2.00 bits per heavy atom. The van der Waals surface area contributed by atoms with Crippen LogP contribution in [-0.2, 0) is 0 Å². The lowest BCUT2D eigenvalue weighted by Crippen LogP contribution is -2.52. The third-order valence-electron chi connectivity index (χ3n) is 4.62. The summed E-state index contributed by atoms with van der Waals surface area (Å²) >= 11 is 0. The van der Waals surface area contributed by atoms with Gasteiger partial charge in [-0.1, -0.05) is 19.4 Å². The first-order valence-electron chi connectivity index (χ1n) is 9.58. The highest BCUT2D eigenvalue weighted by Crippen LogP contribution is 2.14. The van der Waals surface area contributed by atoms with E-state index in [4.69, 9.17) is 4.99 Å². The van der Waals surface area contributed by atoms with Crippen molar-refractivity contribution in [1.29, 1.82) is 0 Å². The van der Waals surface area contributed by atoms with Crippen LogP contribution in [0.5, 0.6) is 0 Å². The summed E-state index contributed by atoms with van der Waals surface area (Å²) in [6.07, 6.45) is 4.95. The highest BCUT2D eigenvalue weighted by Gasteiger charge is 2.20. The summed E-state index contributed by atoms with van der Waals surface area (Å²) in [6, 6.07) is 6.06. The molecule has 2 heterocycles. The molecule has 0 radical (unpaired) electrons. The van der Waals surface area contributed by atoms with Crippen molar-refractivity contribution in [3.05, 3.63) is 24.4 Å². The van der Waals surface area contributed by atoms with E-state index < -0.39 is 0 Å². The quantitative estimate of drug-likeness (QED) is 0.344. The molecule has 0 saturated carbocycles. The van der Waals surface area contributed by atoms with Crippen LogP contribution in [0.25, 0.3) is 0 Å². The number of nitrogens with zero attached hydrogens (tertiary/aromatic N) is 4. The van der Waals surface area contributed by atoms with Crippen LogP contribution in [0, 0.1) is 5.92 Å². The Kier molecular flexibility index (Phi) is 11.6. The van der Waals surface area contributed by atoms with Gasteiger partial charge in [-0.25, -0.2) is 4.98 Å². The minimum Gasteiger partial charge on any atom is -0.396 e. The fraction of sp³-hybridized carbons (Fsp3) is 0.684. The molecule has 1 aliphatic rings. The van der Waals surface area contributed by atoms with E-state index >= 15 is 0 Å². The number of aliphatic hydroxyl groups is 1. The Morgan fingerprint density at radius 3 is 2.58 bits per heavy atom. The molecule has 6 nitrogen and oxygen atoms in total. The lowest BCUT2D eigenvalue weighted by atomic mass is 10.0. The maximum absolute atomic E-state index is 9.23. The van der Waals surface area contributed by atoms with E-state index in [-0.39, 0.29) is 30.6 Å². The van der Waals surface area contributed by atoms with E-state index in [2.05, 4.69) is 40.0 Å². The van der Waals surface area contributed by atoms with Gasteiger partial charge in [-0.15, -0.1) is 24.0 Å². The SMILES string of the molecule is CCCC(CCO)CN=C(NCC)N1CCN(c2ccccn2)CC1.I. The molecule has 1 aromatic rings. The number of hydrogen-bond acceptors (Lipinski definition) is 4. The molecule has 0 amide bonds. The molecule has 0 spiro atoms. The van der Waals surface area contributed by atoms with Gasteiger partial charge in [-0.2, -0.15) is 0 Å². The third kappa shape index (κ3) is 7.26. The predicted molar refractivity (Wildman–Crippen MR) is 120 cm³/mol. The summed E-state index contributed by atoms with van der Waals surface area (Å²) in [5.74, 6) is 2.52. The van der Waals surface area contributed by atoms with Crippen molar-refractivity contribution in [3.63, 3.8) is 0 Å². The Labute approximate surface area is 175 Å². The molecular formula is C19H34IN5O. The molecule has 1 saturated heterocycles. The Morgan fingerprint density at radius 1 is 1.23 bits per heavy atom. The van der Waals surface area contributed by atoms with Gasteiger partial charge in [0.1, 0.15) is 5.82 Å². The first-order valence-corrected chi connectivity index (χ1v) is 9.58. The first kappa shape index (κ1) is 23.0. The fourth-order valence-corrected chi connectivity index (χ4v) is 3.25. The molecular weight excluding hydrogens is 441 g/mol. The van der Waals surface area contributed by atoms with Crippen molar-refractivity contribution in [1.82, 2.24) is 15.2 Å². The van der Waals surface area contributed by atoms with Crippen LogP contribution in [0.15, 0.2) is 29.4 Å². The highest BCUT2D eigenvalue weighted by molar-refractivity contribution is 14.0. The number of guanidine groups is 1. The molecule has 1 atom stereocenters. The van der Waals surface area contributed by atoms with Gasteiger partial charge in [0.05, 0.1) is 0 Å². The lowest BCUT2D eigenvalue weighted by molar-refractivity contribution is 0.253. The van der Waals surface area contributed by atoms with Crippen molar-refractivity contribution in [2.24, 2.45) is 10.9 Å². The smallest absolute Gasteiger partial charge is 0.194 e. The summed E-state index contributed by atoms with van der Waals surface area (Å²) in [4.78, 5) is 14.0. The van der Waals surface area contributed by atoms with Crippen LogP contribution in [0.4, 0.5) is 5.82 Å². The number of anilines is 1. The van der Waals surface area contributed by atoms with Crippen LogP contribution in [0.2, 0.25) is 0 Å². The van der Waals surface area contributed by atoms with Gasteiger partial charge < -0.3 is 20.2 Å². The van der Waals surface area contributed by atoms with Crippen LogP contribution in [0.3, 0.4) is 0 Å². The number of pyridine rings is 1. The number of hydrogen-bond donors (Lipinski definition) is 2. The Balaban J connectivity index is 0.00000338. The number of halogens is 1. The zero-order valence-electron chi connectivity index (χ0n) is 16.1. The van der Waals surface area contributed by atoms with Crippen LogP contribution < -0.4 is 10.2 Å². The average Bonchev–Trinajstić information content (AvgIpc) is 2.66. The van der Waals surface area contributed by atoms with Gasteiger partial charge in [0.25, 0.3) is 0 Å². The lowest BCUT2D eigenvalue weighted by Gasteiger charge is -2.37. The largest absolute Gasteiger partial charge is 0.396 e. The van der Waals surface area contributed by atoms with Crippen molar-refractivity contribution >= 4 is 35.8 Å². The van der Waals surface area contributed by atoms with Gasteiger partial charge in [0, 0.05) is 52.1 Å². The summed E-state index contributed by atoms with van der Waals surface area (Å²) in [5.41, 5.74) is 0. The second-order valence-electron chi connectivity index (χ2n) is 6.52. The van der Waals surface area contributed by atoms with Crippen molar-refractivity contribution in [3.8, 4) is 0 Å². The maximum atomic E-state index is 9.23. The minimum atomic E-state index is 0. The summed E-state index contributed by atoms with van der Waals surface area (Å²) in [7, 11) is 0. The molecule has 26 heavy (non-hydrogen) atoms. The molecule has 2 rings (SSSR count). The molecule has 1 unspecified atom stereocenters. The van der Waals surface area contributed by atoms with E-state index in [1.165, 1.54) is 0 Å².